The van der Waals surface area contributed by atoms with Gasteiger partial charge in [-0.25, -0.2) is 9.18 Å². The molecule has 15 nitrogen and oxygen atoms in total. The summed E-state index contributed by atoms with van der Waals surface area (Å²) in [4.78, 5) is 64.9. The Balaban J connectivity index is 0.792. The van der Waals surface area contributed by atoms with Crippen LogP contribution in [0.4, 0.5) is 26.4 Å². The second-order valence-electron chi connectivity index (χ2n) is 17.4. The van der Waals surface area contributed by atoms with Crippen molar-refractivity contribution in [3.8, 4) is 17.0 Å². The third kappa shape index (κ3) is 6.98. The minimum absolute atomic E-state index is 0.0487. The standard InChI is InChI=1S/C43H53FN10O5/c1-4-43-24-45-39-36(19-34(47-48-39)31-6-5-7-33(44)38(31)56)53(43)17-16-51(25-43)42(59)54-26(2)20-49(21-27(54)3)22-28-12-14-50(15-13-28)30-9-8-29-23-52(41(58)32(29)18-30)35-10-11-37(55)46-40(35)57/h5-9,18-19,26-28,35,56H,4,10-17,20-25H2,1-3H3,(H,45,48)(H,46,55,57)/t26-,27+,35-,43+/m0/s1. The number of phenols is 1. The largest absolute Gasteiger partial charge is 0.504 e. The van der Waals surface area contributed by atoms with Gasteiger partial charge in [-0.05, 0) is 81.3 Å². The molecule has 4 atom stereocenters. The molecule has 4 saturated heterocycles. The molecule has 6 aliphatic rings. The summed E-state index contributed by atoms with van der Waals surface area (Å²) < 4.78 is 14.2. The number of nitrogens with zero attached hydrogens (tertiary/aromatic N) is 8. The van der Waals surface area contributed by atoms with Crippen LogP contribution in [-0.2, 0) is 16.1 Å². The minimum atomic E-state index is -0.712. The maximum atomic E-state index is 14.4. The number of piperazine rings is 2. The number of aromatic hydroxyl groups is 1. The van der Waals surface area contributed by atoms with Gasteiger partial charge in [-0.3, -0.25) is 24.6 Å². The maximum absolute atomic E-state index is 14.4. The number of phenolic OH excluding ortho intramolecular Hbond substituents is 1. The second kappa shape index (κ2) is 15.3. The van der Waals surface area contributed by atoms with E-state index in [9.17, 15) is 28.7 Å². The van der Waals surface area contributed by atoms with Gasteiger partial charge in [0.15, 0.2) is 17.4 Å². The first-order valence-electron chi connectivity index (χ1n) is 21.1. The molecular weight excluding hydrogens is 756 g/mol. The van der Waals surface area contributed by atoms with Gasteiger partial charge >= 0.3 is 6.03 Å². The first-order valence-corrected chi connectivity index (χ1v) is 21.1. The first-order chi connectivity index (χ1) is 28.4. The Morgan fingerprint density at radius 2 is 1.75 bits per heavy atom. The number of rotatable bonds is 6. The van der Waals surface area contributed by atoms with Crippen molar-refractivity contribution in [3.05, 3.63) is 59.4 Å². The molecule has 3 aromatic rings. The normalized spacial score (nSPS) is 26.3. The van der Waals surface area contributed by atoms with E-state index in [-0.39, 0.29) is 47.5 Å². The number of benzene rings is 2. The van der Waals surface area contributed by atoms with E-state index in [1.54, 1.807) is 17.0 Å². The van der Waals surface area contributed by atoms with Gasteiger partial charge in [0.1, 0.15) is 6.04 Å². The number of carbonyl (C=O) groups excluding carboxylic acids is 4. The number of fused-ring (bicyclic) bond motifs is 4. The quantitative estimate of drug-likeness (QED) is 0.311. The molecule has 0 unspecified atom stereocenters. The summed E-state index contributed by atoms with van der Waals surface area (Å²) in [5.74, 6) is -0.828. The SMILES string of the molecule is CC[C@]12CNc3nnc(-c4cccc(F)c4O)cc3N1CCN(C(=O)N1[C@H](C)CN(CC3CCN(c4ccc5c(c4)C(=O)N([C@H]4CCC(=O)NC4=O)C5)CC3)C[C@@H]1C)C2. The Morgan fingerprint density at radius 3 is 2.49 bits per heavy atom. The third-order valence-corrected chi connectivity index (χ3v) is 13.7. The van der Waals surface area contributed by atoms with Crippen LogP contribution < -0.4 is 20.4 Å². The molecule has 16 heteroatoms. The van der Waals surface area contributed by atoms with Gasteiger partial charge in [-0.1, -0.05) is 19.1 Å². The number of anilines is 3. The number of urea groups is 1. The number of hydrogen-bond acceptors (Lipinski definition) is 11. The Morgan fingerprint density at radius 1 is 0.966 bits per heavy atom. The van der Waals surface area contributed by atoms with Gasteiger partial charge in [-0.15, -0.1) is 10.2 Å². The number of nitrogens with one attached hydrogen (secondary N) is 2. The van der Waals surface area contributed by atoms with E-state index in [0.29, 0.717) is 62.1 Å². The topological polar surface area (TPSA) is 158 Å². The Kier molecular flexibility index (Phi) is 10.1. The van der Waals surface area contributed by atoms with Gasteiger partial charge in [-0.2, -0.15) is 0 Å². The predicted molar refractivity (Wildman–Crippen MR) is 220 cm³/mol. The zero-order valence-corrected chi connectivity index (χ0v) is 34.0. The highest BCUT2D eigenvalue weighted by molar-refractivity contribution is 6.05. The number of para-hydroxylation sites is 1. The molecule has 312 valence electrons. The smallest absolute Gasteiger partial charge is 0.320 e. The van der Waals surface area contributed by atoms with Crippen LogP contribution in [0.25, 0.3) is 11.3 Å². The van der Waals surface area contributed by atoms with E-state index in [1.165, 1.54) is 6.07 Å². The molecule has 0 radical (unpaired) electrons. The minimum Gasteiger partial charge on any atom is -0.504 e. The summed E-state index contributed by atoms with van der Waals surface area (Å²) >= 11 is 0. The van der Waals surface area contributed by atoms with Crippen molar-refractivity contribution >= 4 is 40.9 Å². The Hall–Kier alpha value is -5.51. The summed E-state index contributed by atoms with van der Waals surface area (Å²) in [6.45, 7) is 13.5. The second-order valence-corrected chi connectivity index (χ2v) is 17.4. The number of imide groups is 1. The molecule has 0 spiro atoms. The number of carbonyl (C=O) groups is 4. The summed E-state index contributed by atoms with van der Waals surface area (Å²) in [7, 11) is 0. The average Bonchev–Trinajstić information content (AvgIpc) is 3.56. The third-order valence-electron chi connectivity index (χ3n) is 13.7. The van der Waals surface area contributed by atoms with E-state index in [0.717, 1.165) is 68.9 Å². The van der Waals surface area contributed by atoms with E-state index >= 15 is 0 Å². The van der Waals surface area contributed by atoms with Crippen molar-refractivity contribution in [2.75, 3.05) is 74.0 Å². The van der Waals surface area contributed by atoms with E-state index in [4.69, 9.17) is 0 Å². The highest BCUT2D eigenvalue weighted by Crippen LogP contribution is 2.42. The van der Waals surface area contributed by atoms with E-state index < -0.39 is 23.5 Å². The summed E-state index contributed by atoms with van der Waals surface area (Å²) in [6.07, 6.45) is 3.45. The fourth-order valence-corrected chi connectivity index (χ4v) is 10.5. The number of piperidine rings is 2. The van der Waals surface area contributed by atoms with Gasteiger partial charge in [0, 0.05) is 101 Å². The molecule has 9 rings (SSSR count). The van der Waals surface area contributed by atoms with Crippen molar-refractivity contribution in [1.29, 1.82) is 0 Å². The van der Waals surface area contributed by atoms with Gasteiger partial charge in [0.05, 0.1) is 16.9 Å². The Bertz CT molecular complexity index is 2170. The predicted octanol–water partition coefficient (Wildman–Crippen LogP) is 3.88. The zero-order valence-electron chi connectivity index (χ0n) is 34.0. The number of aromatic nitrogens is 2. The highest BCUT2D eigenvalue weighted by Gasteiger charge is 2.48. The monoisotopic (exact) mass is 808 g/mol. The van der Waals surface area contributed by atoms with Crippen LogP contribution in [-0.4, -0.2) is 141 Å². The first kappa shape index (κ1) is 39.0. The van der Waals surface area contributed by atoms with Crippen LogP contribution in [0, 0.1) is 11.7 Å². The molecule has 3 N–H and O–H groups in total. The van der Waals surface area contributed by atoms with Crippen LogP contribution in [0.5, 0.6) is 5.75 Å². The molecule has 59 heavy (non-hydrogen) atoms. The maximum Gasteiger partial charge on any atom is 0.320 e. The lowest BCUT2D eigenvalue weighted by Crippen LogP contribution is -2.70. The Labute approximate surface area is 343 Å². The molecule has 0 bridgehead atoms. The van der Waals surface area contributed by atoms with Crippen LogP contribution in [0.2, 0.25) is 0 Å². The van der Waals surface area contributed by atoms with Crippen molar-refractivity contribution in [2.45, 2.75) is 83.1 Å². The fraction of sp³-hybridized carbons (Fsp3) is 0.535. The summed E-state index contributed by atoms with van der Waals surface area (Å²) in [5, 5.41) is 24.9. The van der Waals surface area contributed by atoms with Gasteiger partial charge in [0.2, 0.25) is 11.8 Å². The average molecular weight is 809 g/mol. The molecule has 7 heterocycles. The van der Waals surface area contributed by atoms with Crippen molar-refractivity contribution < 1.29 is 28.7 Å². The summed E-state index contributed by atoms with van der Waals surface area (Å²) in [5.41, 5.74) is 3.71. The fourth-order valence-electron chi connectivity index (χ4n) is 10.5. The van der Waals surface area contributed by atoms with Crippen molar-refractivity contribution in [2.24, 2.45) is 5.92 Å². The van der Waals surface area contributed by atoms with Crippen LogP contribution in [0.1, 0.15) is 68.8 Å². The lowest BCUT2D eigenvalue weighted by atomic mass is 9.87. The van der Waals surface area contributed by atoms with Gasteiger partial charge < -0.3 is 34.9 Å². The van der Waals surface area contributed by atoms with Crippen molar-refractivity contribution in [3.63, 3.8) is 0 Å². The zero-order chi connectivity index (χ0) is 41.2. The summed E-state index contributed by atoms with van der Waals surface area (Å²) in [6, 6.07) is 11.8. The molecule has 5 amide bonds. The molecule has 4 fully saturated rings. The van der Waals surface area contributed by atoms with E-state index in [1.807, 2.05) is 23.1 Å². The number of halogens is 1. The van der Waals surface area contributed by atoms with Gasteiger partial charge in [0.25, 0.3) is 5.91 Å². The molecule has 1 aromatic heterocycles. The van der Waals surface area contributed by atoms with Crippen LogP contribution >= 0.6 is 0 Å². The lowest BCUT2D eigenvalue weighted by molar-refractivity contribution is -0.136. The highest BCUT2D eigenvalue weighted by atomic mass is 19.1. The molecular formula is C43H53FN10O5. The molecule has 6 aliphatic heterocycles. The molecule has 0 saturated carbocycles. The van der Waals surface area contributed by atoms with E-state index in [2.05, 4.69) is 67.3 Å². The van der Waals surface area contributed by atoms with Crippen LogP contribution in [0.3, 0.4) is 0 Å². The lowest BCUT2D eigenvalue weighted by Gasteiger charge is -2.55. The van der Waals surface area contributed by atoms with Crippen molar-refractivity contribution in [1.82, 2.24) is 35.1 Å². The number of hydrogen-bond donors (Lipinski definition) is 3. The number of amides is 5. The molecule has 2 aromatic carbocycles. The van der Waals surface area contributed by atoms with Crippen LogP contribution in [0.15, 0.2) is 42.5 Å². The molecule has 0 aliphatic carbocycles.